The molecular formula is C25H33FN2O. The number of ketones is 1. The van der Waals surface area contributed by atoms with Crippen molar-refractivity contribution in [2.45, 2.75) is 71.6 Å². The van der Waals surface area contributed by atoms with E-state index in [-0.39, 0.29) is 16.6 Å². The van der Waals surface area contributed by atoms with Crippen molar-refractivity contribution in [3.8, 4) is 0 Å². The van der Waals surface area contributed by atoms with Crippen LogP contribution in [0.25, 0.3) is 10.9 Å². The van der Waals surface area contributed by atoms with Crippen molar-refractivity contribution in [2.24, 2.45) is 10.8 Å². The number of carbonyl (C=O) groups excluding carboxylic acids is 1. The monoisotopic (exact) mass is 396 g/mol. The number of anilines is 1. The largest absolute Gasteiger partial charge is 0.371 e. The number of rotatable bonds is 5. The van der Waals surface area contributed by atoms with Gasteiger partial charge < -0.3 is 4.90 Å². The molecule has 0 amide bonds. The number of pyridine rings is 1. The van der Waals surface area contributed by atoms with Crippen LogP contribution in [0, 0.1) is 16.6 Å². The first-order chi connectivity index (χ1) is 13.9. The Hall–Kier alpha value is -1.97. The highest BCUT2D eigenvalue weighted by Crippen LogP contribution is 2.42. The third-order valence-electron chi connectivity index (χ3n) is 7.30. The lowest BCUT2D eigenvalue weighted by Gasteiger charge is -2.41. The second kappa shape index (κ2) is 8.04. The van der Waals surface area contributed by atoms with Gasteiger partial charge in [0.15, 0.2) is 0 Å². The summed E-state index contributed by atoms with van der Waals surface area (Å²) in [6.07, 6.45) is 11.5. The van der Waals surface area contributed by atoms with Crippen LogP contribution in [0.15, 0.2) is 30.5 Å². The van der Waals surface area contributed by atoms with Crippen LogP contribution >= 0.6 is 0 Å². The molecule has 3 nitrogen and oxygen atoms in total. The summed E-state index contributed by atoms with van der Waals surface area (Å²) in [5.74, 6) is 0.220. The number of nitrogens with zero attached hydrogens (tertiary/aromatic N) is 2. The van der Waals surface area contributed by atoms with E-state index in [0.29, 0.717) is 12.2 Å². The first-order valence-electron chi connectivity index (χ1n) is 11.2. The smallest absolute Gasteiger partial charge is 0.133 e. The number of Topliss-reactive ketones (excluding diaryl/α,β-unsaturated/α-hetero) is 1. The van der Waals surface area contributed by atoms with Crippen LogP contribution in [0.3, 0.4) is 0 Å². The maximum absolute atomic E-state index is 13.8. The van der Waals surface area contributed by atoms with Crippen molar-refractivity contribution in [1.29, 1.82) is 0 Å². The topological polar surface area (TPSA) is 33.2 Å². The van der Waals surface area contributed by atoms with Crippen LogP contribution in [-0.4, -0.2) is 23.9 Å². The minimum absolute atomic E-state index is 0.0761. The van der Waals surface area contributed by atoms with Crippen LogP contribution < -0.4 is 4.90 Å². The third kappa shape index (κ3) is 4.62. The van der Waals surface area contributed by atoms with E-state index in [9.17, 15) is 9.18 Å². The van der Waals surface area contributed by atoms with Crippen molar-refractivity contribution in [1.82, 2.24) is 4.98 Å². The fourth-order valence-electron chi connectivity index (χ4n) is 5.44. The molecule has 1 aliphatic carbocycles. The third-order valence-corrected chi connectivity index (χ3v) is 7.30. The Kier molecular flexibility index (Phi) is 5.63. The van der Waals surface area contributed by atoms with Gasteiger partial charge in [-0.2, -0.15) is 0 Å². The van der Waals surface area contributed by atoms with Crippen LogP contribution in [0.2, 0.25) is 0 Å². The average Bonchev–Trinajstić information content (AvgIpc) is 2.68. The summed E-state index contributed by atoms with van der Waals surface area (Å²) in [5.41, 5.74) is 2.18. The summed E-state index contributed by atoms with van der Waals surface area (Å²) in [5, 5.41) is 0.873. The van der Waals surface area contributed by atoms with Gasteiger partial charge in [-0.05, 0) is 60.8 Å². The van der Waals surface area contributed by atoms with Crippen molar-refractivity contribution < 1.29 is 9.18 Å². The molecule has 1 aromatic carbocycles. The highest BCUT2D eigenvalue weighted by molar-refractivity contribution is 5.91. The number of halogens is 1. The van der Waals surface area contributed by atoms with Crippen LogP contribution in [0.4, 0.5) is 10.1 Å². The average molecular weight is 397 g/mol. The fraction of sp³-hybridized carbons (Fsp3) is 0.600. The Morgan fingerprint density at radius 2 is 1.66 bits per heavy atom. The number of hydrogen-bond acceptors (Lipinski definition) is 3. The number of aromatic nitrogens is 1. The molecule has 2 aliphatic rings. The molecule has 1 aromatic heterocycles. The summed E-state index contributed by atoms with van der Waals surface area (Å²) in [7, 11) is 0. The second-order valence-corrected chi connectivity index (χ2v) is 10.1. The van der Waals surface area contributed by atoms with Crippen molar-refractivity contribution in [3.05, 3.63) is 36.3 Å². The van der Waals surface area contributed by atoms with Crippen LogP contribution in [0.1, 0.15) is 71.6 Å². The maximum Gasteiger partial charge on any atom is 0.133 e. The van der Waals surface area contributed by atoms with Gasteiger partial charge in [0.05, 0.1) is 5.52 Å². The Morgan fingerprint density at radius 1 is 1.00 bits per heavy atom. The van der Waals surface area contributed by atoms with E-state index in [4.69, 9.17) is 0 Å². The zero-order chi connectivity index (χ0) is 20.5. The van der Waals surface area contributed by atoms with Gasteiger partial charge in [-0.25, -0.2) is 4.39 Å². The molecule has 0 spiro atoms. The van der Waals surface area contributed by atoms with Crippen molar-refractivity contribution >= 4 is 22.4 Å². The van der Waals surface area contributed by atoms with Gasteiger partial charge >= 0.3 is 0 Å². The molecule has 1 saturated heterocycles. The Morgan fingerprint density at radius 3 is 2.34 bits per heavy atom. The molecule has 1 saturated carbocycles. The summed E-state index contributed by atoms with van der Waals surface area (Å²) in [6.45, 7) is 6.38. The van der Waals surface area contributed by atoms with Crippen LogP contribution in [-0.2, 0) is 4.79 Å². The molecular weight excluding hydrogens is 363 g/mol. The van der Waals surface area contributed by atoms with Crippen LogP contribution in [0.5, 0.6) is 0 Å². The molecule has 0 N–H and O–H groups in total. The number of carbonyl (C=O) groups is 1. The van der Waals surface area contributed by atoms with E-state index in [1.54, 1.807) is 18.3 Å². The summed E-state index contributed by atoms with van der Waals surface area (Å²) >= 11 is 0. The van der Waals surface area contributed by atoms with Gasteiger partial charge in [-0.3, -0.25) is 9.78 Å². The van der Waals surface area contributed by atoms with Gasteiger partial charge in [-0.15, -0.1) is 0 Å². The SMILES string of the molecule is CC1(CC(=O)CC2(C)CCN(c3ccnc4ccc(F)cc34)CC2)CCCCC1. The van der Waals surface area contributed by atoms with Gasteiger partial charge in [-0.1, -0.05) is 33.1 Å². The zero-order valence-corrected chi connectivity index (χ0v) is 17.8. The molecule has 0 radical (unpaired) electrons. The molecule has 0 bridgehead atoms. The summed E-state index contributed by atoms with van der Waals surface area (Å²) < 4.78 is 13.8. The molecule has 156 valence electrons. The molecule has 2 fully saturated rings. The van der Waals surface area contributed by atoms with E-state index in [1.807, 2.05) is 6.07 Å². The Labute approximate surface area is 173 Å². The molecule has 0 unspecified atom stereocenters. The predicted molar refractivity (Wildman–Crippen MR) is 117 cm³/mol. The summed E-state index contributed by atoms with van der Waals surface area (Å²) in [4.78, 5) is 19.6. The number of hydrogen-bond donors (Lipinski definition) is 0. The molecule has 4 rings (SSSR count). The molecule has 2 heterocycles. The lowest BCUT2D eigenvalue weighted by molar-refractivity contribution is -0.124. The standard InChI is InChI=1S/C25H33FN2O/c1-24(9-4-3-5-10-24)17-20(29)18-25(2)11-14-28(15-12-25)23-8-13-27-22-7-6-19(26)16-21(22)23/h6-8,13,16H,3-5,9-12,14-15,17-18H2,1-2H3. The number of piperidine rings is 1. The van der Waals surface area contributed by atoms with Crippen molar-refractivity contribution in [2.75, 3.05) is 18.0 Å². The van der Waals surface area contributed by atoms with E-state index < -0.39 is 0 Å². The van der Waals surface area contributed by atoms with E-state index in [1.165, 1.54) is 38.2 Å². The Balaban J connectivity index is 1.40. The predicted octanol–water partition coefficient (Wildman–Crippen LogP) is 6.30. The first kappa shape index (κ1) is 20.3. The molecule has 0 atom stereocenters. The lowest BCUT2D eigenvalue weighted by atomic mass is 9.69. The molecule has 1 aliphatic heterocycles. The van der Waals surface area contributed by atoms with E-state index in [0.717, 1.165) is 48.9 Å². The van der Waals surface area contributed by atoms with Gasteiger partial charge in [0.25, 0.3) is 0 Å². The molecule has 4 heteroatoms. The fourth-order valence-corrected chi connectivity index (χ4v) is 5.44. The number of benzene rings is 1. The van der Waals surface area contributed by atoms with E-state index >= 15 is 0 Å². The normalized spacial score (nSPS) is 21.3. The summed E-state index contributed by atoms with van der Waals surface area (Å²) in [6, 6.07) is 6.77. The number of fused-ring (bicyclic) bond motifs is 1. The maximum atomic E-state index is 13.8. The lowest BCUT2D eigenvalue weighted by Crippen LogP contribution is -2.40. The first-order valence-corrected chi connectivity index (χ1v) is 11.2. The minimum Gasteiger partial charge on any atom is -0.371 e. The highest BCUT2D eigenvalue weighted by Gasteiger charge is 2.35. The van der Waals surface area contributed by atoms with Gasteiger partial charge in [0, 0.05) is 43.2 Å². The second-order valence-electron chi connectivity index (χ2n) is 10.1. The van der Waals surface area contributed by atoms with E-state index in [2.05, 4.69) is 23.7 Å². The minimum atomic E-state index is -0.226. The zero-order valence-electron chi connectivity index (χ0n) is 17.8. The highest BCUT2D eigenvalue weighted by atomic mass is 19.1. The van der Waals surface area contributed by atoms with Crippen molar-refractivity contribution in [3.63, 3.8) is 0 Å². The van der Waals surface area contributed by atoms with Gasteiger partial charge in [0.1, 0.15) is 11.6 Å². The van der Waals surface area contributed by atoms with Gasteiger partial charge in [0.2, 0.25) is 0 Å². The molecule has 29 heavy (non-hydrogen) atoms. The molecule has 2 aromatic rings. The Bertz CT molecular complexity index is 880. The quantitative estimate of drug-likeness (QED) is 0.594.